The van der Waals surface area contributed by atoms with Crippen LogP contribution in [0.3, 0.4) is 0 Å². The molecule has 1 aliphatic rings. The minimum Gasteiger partial charge on any atom is -0.497 e. The number of aliphatic hydroxyl groups is 1. The SMILES string of the molecule is COc1ccc2c(c1)CCC[C@H]2CNC(=O)NCC[C@H](C)O. The molecule has 1 aliphatic carbocycles. The lowest BCUT2D eigenvalue weighted by atomic mass is 9.82. The lowest BCUT2D eigenvalue weighted by Gasteiger charge is -2.26. The molecule has 0 spiro atoms. The van der Waals surface area contributed by atoms with Gasteiger partial charge in [-0.1, -0.05) is 6.07 Å². The Bertz CT molecular complexity index is 503. The Balaban J connectivity index is 1.86. The Morgan fingerprint density at radius 2 is 2.27 bits per heavy atom. The number of urea groups is 1. The van der Waals surface area contributed by atoms with Crippen LogP contribution in [0.2, 0.25) is 0 Å². The van der Waals surface area contributed by atoms with Crippen molar-refractivity contribution in [2.24, 2.45) is 0 Å². The molecule has 1 aromatic carbocycles. The van der Waals surface area contributed by atoms with Gasteiger partial charge in [-0.2, -0.15) is 0 Å². The Kier molecular flexibility index (Phi) is 6.07. The van der Waals surface area contributed by atoms with E-state index >= 15 is 0 Å². The minimum absolute atomic E-state index is 0.165. The van der Waals surface area contributed by atoms with E-state index in [0.29, 0.717) is 25.4 Å². The van der Waals surface area contributed by atoms with E-state index in [4.69, 9.17) is 9.84 Å². The average molecular weight is 306 g/mol. The van der Waals surface area contributed by atoms with E-state index < -0.39 is 0 Å². The van der Waals surface area contributed by atoms with Crippen LogP contribution in [0.15, 0.2) is 18.2 Å². The number of aryl methyl sites for hydroxylation is 1. The number of hydrogen-bond donors (Lipinski definition) is 3. The predicted molar refractivity (Wildman–Crippen MR) is 86.4 cm³/mol. The van der Waals surface area contributed by atoms with E-state index in [-0.39, 0.29) is 12.1 Å². The molecule has 0 radical (unpaired) electrons. The van der Waals surface area contributed by atoms with E-state index in [9.17, 15) is 4.79 Å². The van der Waals surface area contributed by atoms with Crippen molar-refractivity contribution < 1.29 is 14.6 Å². The molecule has 1 aromatic rings. The molecule has 3 N–H and O–H groups in total. The number of aliphatic hydroxyl groups excluding tert-OH is 1. The second-order valence-electron chi connectivity index (χ2n) is 5.93. The fourth-order valence-corrected chi connectivity index (χ4v) is 2.90. The molecule has 5 nitrogen and oxygen atoms in total. The number of fused-ring (bicyclic) bond motifs is 1. The summed E-state index contributed by atoms with van der Waals surface area (Å²) in [7, 11) is 1.68. The summed E-state index contributed by atoms with van der Waals surface area (Å²) in [5, 5.41) is 14.9. The van der Waals surface area contributed by atoms with Gasteiger partial charge in [0.1, 0.15) is 5.75 Å². The number of carbonyl (C=O) groups excluding carboxylic acids is 1. The van der Waals surface area contributed by atoms with E-state index in [1.807, 2.05) is 6.07 Å². The van der Waals surface area contributed by atoms with Crippen molar-refractivity contribution in [2.45, 2.75) is 44.6 Å². The van der Waals surface area contributed by atoms with Gasteiger partial charge >= 0.3 is 6.03 Å². The zero-order valence-electron chi connectivity index (χ0n) is 13.4. The van der Waals surface area contributed by atoms with Gasteiger partial charge < -0.3 is 20.5 Å². The van der Waals surface area contributed by atoms with Crippen molar-refractivity contribution in [2.75, 3.05) is 20.2 Å². The van der Waals surface area contributed by atoms with Crippen molar-refractivity contribution in [3.8, 4) is 5.75 Å². The van der Waals surface area contributed by atoms with Crippen LogP contribution in [0.5, 0.6) is 5.75 Å². The summed E-state index contributed by atoms with van der Waals surface area (Å²) in [5.41, 5.74) is 2.64. The van der Waals surface area contributed by atoms with Gasteiger partial charge in [-0.15, -0.1) is 0 Å². The smallest absolute Gasteiger partial charge is 0.314 e. The molecular formula is C17H26N2O3. The lowest BCUT2D eigenvalue weighted by Crippen LogP contribution is -2.39. The Morgan fingerprint density at radius 1 is 1.45 bits per heavy atom. The fourth-order valence-electron chi connectivity index (χ4n) is 2.90. The fraction of sp³-hybridized carbons (Fsp3) is 0.588. The van der Waals surface area contributed by atoms with Crippen molar-refractivity contribution in [3.05, 3.63) is 29.3 Å². The summed E-state index contributed by atoms with van der Waals surface area (Å²) in [6, 6.07) is 6.04. The van der Waals surface area contributed by atoms with Gasteiger partial charge in [-0.05, 0) is 55.9 Å². The Labute approximate surface area is 132 Å². The third-order valence-electron chi connectivity index (χ3n) is 4.15. The molecule has 0 heterocycles. The molecule has 5 heteroatoms. The number of ether oxygens (including phenoxy) is 1. The lowest BCUT2D eigenvalue weighted by molar-refractivity contribution is 0.183. The zero-order chi connectivity index (χ0) is 15.9. The summed E-state index contributed by atoms with van der Waals surface area (Å²) in [6.07, 6.45) is 3.48. The first-order chi connectivity index (χ1) is 10.6. The van der Waals surface area contributed by atoms with Crippen molar-refractivity contribution in [1.82, 2.24) is 10.6 Å². The van der Waals surface area contributed by atoms with Crippen molar-refractivity contribution in [1.29, 1.82) is 0 Å². The largest absolute Gasteiger partial charge is 0.497 e. The van der Waals surface area contributed by atoms with Crippen LogP contribution in [0, 0.1) is 0 Å². The summed E-state index contributed by atoms with van der Waals surface area (Å²) >= 11 is 0. The maximum absolute atomic E-state index is 11.8. The molecule has 2 rings (SSSR count). The quantitative estimate of drug-likeness (QED) is 0.754. The molecule has 0 bridgehead atoms. The maximum atomic E-state index is 11.8. The molecule has 0 unspecified atom stereocenters. The van der Waals surface area contributed by atoms with Crippen LogP contribution >= 0.6 is 0 Å². The molecule has 2 atom stereocenters. The van der Waals surface area contributed by atoms with Crippen molar-refractivity contribution in [3.63, 3.8) is 0 Å². The van der Waals surface area contributed by atoms with Gasteiger partial charge in [-0.25, -0.2) is 4.79 Å². The number of benzene rings is 1. The van der Waals surface area contributed by atoms with E-state index in [1.54, 1.807) is 14.0 Å². The molecule has 2 amide bonds. The van der Waals surface area contributed by atoms with Gasteiger partial charge in [0.15, 0.2) is 0 Å². The third-order valence-corrected chi connectivity index (χ3v) is 4.15. The molecule has 0 aromatic heterocycles. The highest BCUT2D eigenvalue weighted by atomic mass is 16.5. The first-order valence-electron chi connectivity index (χ1n) is 7.96. The number of nitrogens with one attached hydrogen (secondary N) is 2. The topological polar surface area (TPSA) is 70.6 Å². The van der Waals surface area contributed by atoms with E-state index in [0.717, 1.165) is 25.0 Å². The molecule has 22 heavy (non-hydrogen) atoms. The van der Waals surface area contributed by atoms with Gasteiger partial charge in [0.2, 0.25) is 0 Å². The van der Waals surface area contributed by atoms with Crippen LogP contribution in [0.4, 0.5) is 4.79 Å². The van der Waals surface area contributed by atoms with Crippen molar-refractivity contribution >= 4 is 6.03 Å². The van der Waals surface area contributed by atoms with Crippen LogP contribution < -0.4 is 15.4 Å². The normalized spacial score (nSPS) is 18.2. The molecule has 0 saturated carbocycles. The number of rotatable bonds is 6. The highest BCUT2D eigenvalue weighted by molar-refractivity contribution is 5.73. The second kappa shape index (κ2) is 8.03. The third kappa shape index (κ3) is 4.63. The van der Waals surface area contributed by atoms with Gasteiger partial charge in [-0.3, -0.25) is 0 Å². The first kappa shape index (κ1) is 16.6. The number of hydrogen-bond acceptors (Lipinski definition) is 3. The first-order valence-corrected chi connectivity index (χ1v) is 7.96. The zero-order valence-corrected chi connectivity index (χ0v) is 13.4. The van der Waals surface area contributed by atoms with Crippen LogP contribution in [-0.2, 0) is 6.42 Å². The Hall–Kier alpha value is -1.75. The average Bonchev–Trinajstić information content (AvgIpc) is 2.51. The second-order valence-corrected chi connectivity index (χ2v) is 5.93. The highest BCUT2D eigenvalue weighted by Gasteiger charge is 2.21. The van der Waals surface area contributed by atoms with Crippen LogP contribution in [0.25, 0.3) is 0 Å². The summed E-state index contributed by atoms with van der Waals surface area (Å²) in [4.78, 5) is 11.8. The maximum Gasteiger partial charge on any atom is 0.314 e. The highest BCUT2D eigenvalue weighted by Crippen LogP contribution is 2.33. The molecule has 0 aliphatic heterocycles. The van der Waals surface area contributed by atoms with Gasteiger partial charge in [0.05, 0.1) is 13.2 Å². The van der Waals surface area contributed by atoms with Crippen LogP contribution in [-0.4, -0.2) is 37.4 Å². The van der Waals surface area contributed by atoms with Gasteiger partial charge in [0, 0.05) is 19.0 Å². The molecule has 0 fully saturated rings. The summed E-state index contributed by atoms with van der Waals surface area (Å²) < 4.78 is 5.28. The standard InChI is InChI=1S/C17H26N2O3/c1-12(20)8-9-18-17(21)19-11-14-5-3-4-13-10-15(22-2)6-7-16(13)14/h6-7,10,12,14,20H,3-5,8-9,11H2,1-2H3,(H2,18,19,21)/t12-,14-/m0/s1. The monoisotopic (exact) mass is 306 g/mol. The summed E-state index contributed by atoms with van der Waals surface area (Å²) in [5.74, 6) is 1.25. The van der Waals surface area contributed by atoms with E-state index in [2.05, 4.69) is 22.8 Å². The van der Waals surface area contributed by atoms with E-state index in [1.165, 1.54) is 11.1 Å². The Morgan fingerprint density at radius 3 is 3.00 bits per heavy atom. The predicted octanol–water partition coefficient (Wildman–Crippen LogP) is 2.19. The molecule has 0 saturated heterocycles. The number of methoxy groups -OCH3 is 1. The number of amides is 2. The summed E-state index contributed by atoms with van der Waals surface area (Å²) in [6.45, 7) is 2.84. The van der Waals surface area contributed by atoms with Gasteiger partial charge in [0.25, 0.3) is 0 Å². The minimum atomic E-state index is -0.388. The van der Waals surface area contributed by atoms with Crippen LogP contribution in [0.1, 0.15) is 43.2 Å². The molecular weight excluding hydrogens is 280 g/mol. The number of carbonyl (C=O) groups is 1. The molecule has 122 valence electrons.